The van der Waals surface area contributed by atoms with Crippen molar-refractivity contribution >= 4 is 36.8 Å². The average molecular weight is 295 g/mol. The standard InChI is InChI=1S/C14H16BClO4/c1-3-19-13(17)11(14(18)20-4-2)8-9-7-10(16)5-6-12(9)15/h5-7,11H,3-4,8H2,1-2H3. The van der Waals surface area contributed by atoms with E-state index in [-0.39, 0.29) is 19.6 Å². The first-order valence-electron chi connectivity index (χ1n) is 6.36. The zero-order valence-electron chi connectivity index (χ0n) is 11.5. The average Bonchev–Trinajstić information content (AvgIpc) is 2.40. The van der Waals surface area contributed by atoms with Gasteiger partial charge in [0.1, 0.15) is 7.85 Å². The fourth-order valence-electron chi connectivity index (χ4n) is 1.72. The molecule has 0 saturated heterocycles. The number of rotatable bonds is 6. The number of halogens is 1. The van der Waals surface area contributed by atoms with Crippen LogP contribution in [0.5, 0.6) is 0 Å². The van der Waals surface area contributed by atoms with Crippen LogP contribution in [0.15, 0.2) is 18.2 Å². The van der Waals surface area contributed by atoms with Crippen molar-refractivity contribution in [2.75, 3.05) is 13.2 Å². The molecule has 0 aromatic heterocycles. The molecular weight excluding hydrogens is 278 g/mol. The molecule has 6 heteroatoms. The van der Waals surface area contributed by atoms with Crippen LogP contribution in [0, 0.1) is 5.92 Å². The van der Waals surface area contributed by atoms with Gasteiger partial charge in [0.25, 0.3) is 0 Å². The van der Waals surface area contributed by atoms with Crippen LogP contribution in [-0.2, 0) is 25.5 Å². The predicted octanol–water partition coefficient (Wildman–Crippen LogP) is 1.42. The van der Waals surface area contributed by atoms with Gasteiger partial charge >= 0.3 is 11.9 Å². The number of hydrogen-bond acceptors (Lipinski definition) is 4. The molecular formula is C14H16BClO4. The van der Waals surface area contributed by atoms with Gasteiger partial charge in [0.15, 0.2) is 5.92 Å². The highest BCUT2D eigenvalue weighted by atomic mass is 35.5. The Morgan fingerprint density at radius 2 is 1.75 bits per heavy atom. The minimum atomic E-state index is -1.03. The van der Waals surface area contributed by atoms with Crippen LogP contribution in [0.25, 0.3) is 0 Å². The SMILES string of the molecule is [B]c1ccc(Cl)cc1CC(C(=O)OCC)C(=O)OCC. The Balaban J connectivity index is 2.96. The van der Waals surface area contributed by atoms with Crippen molar-refractivity contribution in [3.05, 3.63) is 28.8 Å². The lowest BCUT2D eigenvalue weighted by atomic mass is 9.86. The Hall–Kier alpha value is -1.49. The number of esters is 2. The summed E-state index contributed by atoms with van der Waals surface area (Å²) in [6.07, 6.45) is 0.101. The van der Waals surface area contributed by atoms with Crippen molar-refractivity contribution in [2.45, 2.75) is 20.3 Å². The van der Waals surface area contributed by atoms with E-state index in [0.29, 0.717) is 16.0 Å². The van der Waals surface area contributed by atoms with E-state index in [2.05, 4.69) is 0 Å². The second-order valence-corrected chi connectivity index (χ2v) is 4.54. The topological polar surface area (TPSA) is 52.6 Å². The monoisotopic (exact) mass is 294 g/mol. The Kier molecular flexibility index (Phi) is 6.59. The minimum Gasteiger partial charge on any atom is -0.465 e. The van der Waals surface area contributed by atoms with Crippen molar-refractivity contribution in [1.29, 1.82) is 0 Å². The van der Waals surface area contributed by atoms with E-state index in [1.165, 1.54) is 0 Å². The molecule has 0 aliphatic rings. The fourth-order valence-corrected chi connectivity index (χ4v) is 1.91. The smallest absolute Gasteiger partial charge is 0.320 e. The maximum atomic E-state index is 11.9. The molecule has 0 fully saturated rings. The summed E-state index contributed by atoms with van der Waals surface area (Å²) in [5.74, 6) is -2.27. The van der Waals surface area contributed by atoms with Gasteiger partial charge in [0.2, 0.25) is 0 Å². The van der Waals surface area contributed by atoms with E-state index in [9.17, 15) is 9.59 Å². The fraction of sp³-hybridized carbons (Fsp3) is 0.429. The van der Waals surface area contributed by atoms with Crippen LogP contribution in [0.2, 0.25) is 5.02 Å². The predicted molar refractivity (Wildman–Crippen MR) is 77.3 cm³/mol. The van der Waals surface area contributed by atoms with Gasteiger partial charge in [-0.3, -0.25) is 9.59 Å². The molecule has 0 saturated carbocycles. The highest BCUT2D eigenvalue weighted by Crippen LogP contribution is 2.15. The molecule has 4 nitrogen and oxygen atoms in total. The molecule has 2 radical (unpaired) electrons. The highest BCUT2D eigenvalue weighted by molar-refractivity contribution is 6.35. The molecule has 0 amide bonds. The molecule has 0 heterocycles. The number of ether oxygens (including phenoxy) is 2. The van der Waals surface area contributed by atoms with Gasteiger partial charge in [-0.25, -0.2) is 0 Å². The molecule has 1 aromatic rings. The van der Waals surface area contributed by atoms with Crippen LogP contribution in [-0.4, -0.2) is 33.0 Å². The first kappa shape index (κ1) is 16.6. The Morgan fingerprint density at radius 1 is 1.20 bits per heavy atom. The summed E-state index contributed by atoms with van der Waals surface area (Å²) in [4.78, 5) is 23.7. The van der Waals surface area contributed by atoms with Gasteiger partial charge in [-0.15, -0.1) is 0 Å². The third-order valence-corrected chi connectivity index (χ3v) is 2.91. The van der Waals surface area contributed by atoms with E-state index >= 15 is 0 Å². The molecule has 0 N–H and O–H groups in total. The lowest BCUT2D eigenvalue weighted by Crippen LogP contribution is -2.31. The summed E-state index contributed by atoms with van der Waals surface area (Å²) < 4.78 is 9.80. The summed E-state index contributed by atoms with van der Waals surface area (Å²) in [5.41, 5.74) is 1.08. The molecule has 0 atom stereocenters. The lowest BCUT2D eigenvalue weighted by Gasteiger charge is -2.16. The molecule has 106 valence electrons. The molecule has 0 aliphatic carbocycles. The summed E-state index contributed by atoms with van der Waals surface area (Å²) in [6, 6.07) is 4.90. The third-order valence-electron chi connectivity index (χ3n) is 2.67. The third kappa shape index (κ3) is 4.56. The van der Waals surface area contributed by atoms with E-state index in [4.69, 9.17) is 28.9 Å². The van der Waals surface area contributed by atoms with Crippen molar-refractivity contribution < 1.29 is 19.1 Å². The minimum absolute atomic E-state index is 0.101. The first-order chi connectivity index (χ1) is 9.49. The Morgan fingerprint density at radius 3 is 2.25 bits per heavy atom. The lowest BCUT2D eigenvalue weighted by molar-refractivity contribution is -0.161. The zero-order valence-corrected chi connectivity index (χ0v) is 12.3. The Bertz CT molecular complexity index is 472. The van der Waals surface area contributed by atoms with Crippen LogP contribution in [0.3, 0.4) is 0 Å². The van der Waals surface area contributed by atoms with Crippen molar-refractivity contribution in [3.8, 4) is 0 Å². The molecule has 1 aromatic carbocycles. The second-order valence-electron chi connectivity index (χ2n) is 4.10. The van der Waals surface area contributed by atoms with Crippen LogP contribution < -0.4 is 5.46 Å². The highest BCUT2D eigenvalue weighted by Gasteiger charge is 2.30. The summed E-state index contributed by atoms with van der Waals surface area (Å²) in [7, 11) is 5.82. The Labute approximate surface area is 124 Å². The molecule has 0 unspecified atom stereocenters. The van der Waals surface area contributed by atoms with Gasteiger partial charge in [-0.05, 0) is 32.4 Å². The van der Waals surface area contributed by atoms with Gasteiger partial charge in [0.05, 0.1) is 13.2 Å². The normalized spacial score (nSPS) is 10.4. The summed E-state index contributed by atoms with van der Waals surface area (Å²) in [5, 5.41) is 0.487. The summed E-state index contributed by atoms with van der Waals surface area (Å²) >= 11 is 5.89. The van der Waals surface area contributed by atoms with Gasteiger partial charge in [0, 0.05) is 5.02 Å². The molecule has 0 aliphatic heterocycles. The summed E-state index contributed by atoms with van der Waals surface area (Å²) in [6.45, 7) is 3.74. The second kappa shape index (κ2) is 7.95. The van der Waals surface area contributed by atoms with E-state index in [0.717, 1.165) is 0 Å². The quantitative estimate of drug-likeness (QED) is 0.452. The van der Waals surface area contributed by atoms with Crippen molar-refractivity contribution in [2.24, 2.45) is 5.92 Å². The number of carbonyl (C=O) groups excluding carboxylic acids is 2. The van der Waals surface area contributed by atoms with Crippen LogP contribution in [0.4, 0.5) is 0 Å². The number of carbonyl (C=O) groups is 2. The zero-order chi connectivity index (χ0) is 15.1. The first-order valence-corrected chi connectivity index (χ1v) is 6.74. The van der Waals surface area contributed by atoms with Crippen molar-refractivity contribution in [1.82, 2.24) is 0 Å². The number of benzene rings is 1. The molecule has 1 rings (SSSR count). The van der Waals surface area contributed by atoms with Gasteiger partial charge in [-0.2, -0.15) is 0 Å². The van der Waals surface area contributed by atoms with Crippen LogP contribution in [0.1, 0.15) is 19.4 Å². The molecule has 20 heavy (non-hydrogen) atoms. The largest absolute Gasteiger partial charge is 0.465 e. The molecule has 0 spiro atoms. The number of hydrogen-bond donors (Lipinski definition) is 0. The molecule has 0 bridgehead atoms. The van der Waals surface area contributed by atoms with E-state index in [1.807, 2.05) is 0 Å². The van der Waals surface area contributed by atoms with E-state index < -0.39 is 17.9 Å². The maximum Gasteiger partial charge on any atom is 0.320 e. The van der Waals surface area contributed by atoms with Gasteiger partial charge in [-0.1, -0.05) is 28.7 Å². The van der Waals surface area contributed by atoms with E-state index in [1.54, 1.807) is 32.0 Å². The maximum absolute atomic E-state index is 11.9. The van der Waals surface area contributed by atoms with Gasteiger partial charge < -0.3 is 9.47 Å². The van der Waals surface area contributed by atoms with Crippen molar-refractivity contribution in [3.63, 3.8) is 0 Å². The van der Waals surface area contributed by atoms with Crippen LogP contribution >= 0.6 is 11.6 Å².